The Kier molecular flexibility index (Phi) is 4.83. The minimum Gasteiger partial charge on any atom is -0.497 e. The maximum Gasteiger partial charge on any atom is 0.250 e. The number of methoxy groups -OCH3 is 1. The molecule has 2 rings (SSSR count). The van der Waals surface area contributed by atoms with Crippen molar-refractivity contribution in [3.05, 3.63) is 24.3 Å². The number of nitrogens with zero attached hydrogens (tertiary/aromatic N) is 1. The summed E-state index contributed by atoms with van der Waals surface area (Å²) in [6.45, 7) is 3.91. The van der Waals surface area contributed by atoms with Crippen LogP contribution in [0.3, 0.4) is 0 Å². The highest BCUT2D eigenvalue weighted by Gasteiger charge is 2.39. The number of hydrogen-bond acceptors (Lipinski definition) is 3. The highest BCUT2D eigenvalue weighted by molar-refractivity contribution is 6.08. The SMILES string of the molecule is CCCC1NC(=O)C(CC)N(c2cccc(OC)c2)C1=O. The average Bonchev–Trinajstić information content (AvgIpc) is 2.50. The molecule has 1 aliphatic rings. The zero-order valence-corrected chi connectivity index (χ0v) is 12.8. The predicted octanol–water partition coefficient (Wildman–Crippen LogP) is 2.11. The van der Waals surface area contributed by atoms with Gasteiger partial charge in [0.15, 0.2) is 0 Å². The van der Waals surface area contributed by atoms with Crippen molar-refractivity contribution in [2.45, 2.75) is 45.2 Å². The number of ether oxygens (including phenoxy) is 1. The molecular formula is C16H22N2O3. The van der Waals surface area contributed by atoms with Gasteiger partial charge in [0, 0.05) is 11.8 Å². The van der Waals surface area contributed by atoms with Crippen LogP contribution in [0.1, 0.15) is 33.1 Å². The van der Waals surface area contributed by atoms with Crippen molar-refractivity contribution in [1.82, 2.24) is 5.32 Å². The van der Waals surface area contributed by atoms with Crippen molar-refractivity contribution in [1.29, 1.82) is 0 Å². The van der Waals surface area contributed by atoms with Gasteiger partial charge < -0.3 is 10.1 Å². The van der Waals surface area contributed by atoms with E-state index < -0.39 is 12.1 Å². The van der Waals surface area contributed by atoms with Crippen LogP contribution in [0.15, 0.2) is 24.3 Å². The van der Waals surface area contributed by atoms with Gasteiger partial charge in [0.25, 0.3) is 0 Å². The van der Waals surface area contributed by atoms with E-state index in [1.807, 2.05) is 32.0 Å². The van der Waals surface area contributed by atoms with Gasteiger partial charge >= 0.3 is 0 Å². The maximum atomic E-state index is 12.7. The Balaban J connectivity index is 2.38. The largest absolute Gasteiger partial charge is 0.497 e. The first kappa shape index (κ1) is 15.4. The van der Waals surface area contributed by atoms with E-state index in [0.717, 1.165) is 6.42 Å². The number of carbonyl (C=O) groups is 2. The van der Waals surface area contributed by atoms with E-state index in [9.17, 15) is 9.59 Å². The summed E-state index contributed by atoms with van der Waals surface area (Å²) in [6.07, 6.45) is 2.08. The summed E-state index contributed by atoms with van der Waals surface area (Å²) in [7, 11) is 1.58. The molecule has 0 aromatic heterocycles. The summed E-state index contributed by atoms with van der Waals surface area (Å²) in [5, 5.41) is 2.84. The third-order valence-electron chi connectivity index (χ3n) is 3.76. The highest BCUT2D eigenvalue weighted by atomic mass is 16.5. The quantitative estimate of drug-likeness (QED) is 0.903. The molecule has 1 aromatic carbocycles. The van der Waals surface area contributed by atoms with E-state index in [2.05, 4.69) is 5.32 Å². The average molecular weight is 290 g/mol. The Morgan fingerprint density at radius 1 is 1.29 bits per heavy atom. The maximum absolute atomic E-state index is 12.7. The number of anilines is 1. The number of piperazine rings is 1. The molecule has 1 aromatic rings. The van der Waals surface area contributed by atoms with Crippen molar-refractivity contribution < 1.29 is 14.3 Å². The second kappa shape index (κ2) is 6.61. The number of benzene rings is 1. The first-order valence-corrected chi connectivity index (χ1v) is 7.39. The number of amides is 2. The van der Waals surface area contributed by atoms with Crippen molar-refractivity contribution in [2.24, 2.45) is 0 Å². The molecule has 1 aliphatic heterocycles. The van der Waals surface area contributed by atoms with Gasteiger partial charge in [0.1, 0.15) is 17.8 Å². The normalized spacial score (nSPS) is 22.1. The third-order valence-corrected chi connectivity index (χ3v) is 3.76. The molecule has 0 spiro atoms. The Morgan fingerprint density at radius 3 is 2.67 bits per heavy atom. The number of rotatable bonds is 5. The molecule has 5 nitrogen and oxygen atoms in total. The molecule has 2 atom stereocenters. The Hall–Kier alpha value is -2.04. The zero-order chi connectivity index (χ0) is 15.4. The van der Waals surface area contributed by atoms with Crippen LogP contribution < -0.4 is 15.0 Å². The van der Waals surface area contributed by atoms with E-state index in [-0.39, 0.29) is 11.8 Å². The van der Waals surface area contributed by atoms with Gasteiger partial charge in [-0.15, -0.1) is 0 Å². The van der Waals surface area contributed by atoms with Crippen LogP contribution in [0, 0.1) is 0 Å². The lowest BCUT2D eigenvalue weighted by molar-refractivity contribution is -0.134. The predicted molar refractivity (Wildman–Crippen MR) is 81.4 cm³/mol. The highest BCUT2D eigenvalue weighted by Crippen LogP contribution is 2.27. The van der Waals surface area contributed by atoms with Crippen molar-refractivity contribution >= 4 is 17.5 Å². The Morgan fingerprint density at radius 2 is 2.05 bits per heavy atom. The summed E-state index contributed by atoms with van der Waals surface area (Å²) in [5.41, 5.74) is 0.710. The first-order valence-electron chi connectivity index (χ1n) is 7.39. The van der Waals surface area contributed by atoms with Crippen LogP contribution in [-0.2, 0) is 9.59 Å². The van der Waals surface area contributed by atoms with Gasteiger partial charge in [0.2, 0.25) is 11.8 Å². The standard InChI is InChI=1S/C16H22N2O3/c1-4-7-13-16(20)18(14(5-2)15(19)17-13)11-8-6-9-12(10-11)21-3/h6,8-10,13-14H,4-5,7H2,1-3H3,(H,17,19). The molecule has 1 N–H and O–H groups in total. The van der Waals surface area contributed by atoms with E-state index in [1.54, 1.807) is 18.1 Å². The van der Waals surface area contributed by atoms with Crippen LogP contribution in [0.2, 0.25) is 0 Å². The zero-order valence-electron chi connectivity index (χ0n) is 12.8. The van der Waals surface area contributed by atoms with E-state index in [4.69, 9.17) is 4.74 Å². The van der Waals surface area contributed by atoms with Gasteiger partial charge in [-0.3, -0.25) is 14.5 Å². The van der Waals surface area contributed by atoms with E-state index >= 15 is 0 Å². The van der Waals surface area contributed by atoms with Gasteiger partial charge in [-0.25, -0.2) is 0 Å². The lowest BCUT2D eigenvalue weighted by Gasteiger charge is -2.38. The van der Waals surface area contributed by atoms with Gasteiger partial charge in [-0.1, -0.05) is 26.3 Å². The Bertz CT molecular complexity index is 530. The van der Waals surface area contributed by atoms with Gasteiger partial charge in [0.05, 0.1) is 7.11 Å². The van der Waals surface area contributed by atoms with E-state index in [1.165, 1.54) is 0 Å². The number of carbonyl (C=O) groups excluding carboxylic acids is 2. The molecule has 21 heavy (non-hydrogen) atoms. The molecule has 0 saturated carbocycles. The molecule has 0 radical (unpaired) electrons. The summed E-state index contributed by atoms with van der Waals surface area (Å²) in [4.78, 5) is 26.6. The molecular weight excluding hydrogens is 268 g/mol. The van der Waals surface area contributed by atoms with Crippen LogP contribution >= 0.6 is 0 Å². The lowest BCUT2D eigenvalue weighted by atomic mass is 10.0. The minimum absolute atomic E-state index is 0.0449. The molecule has 0 aliphatic carbocycles. The molecule has 5 heteroatoms. The van der Waals surface area contributed by atoms with Crippen molar-refractivity contribution in [2.75, 3.05) is 12.0 Å². The lowest BCUT2D eigenvalue weighted by Crippen LogP contribution is -2.63. The van der Waals surface area contributed by atoms with Crippen LogP contribution in [0.25, 0.3) is 0 Å². The molecule has 2 unspecified atom stereocenters. The fourth-order valence-electron chi connectivity index (χ4n) is 2.69. The van der Waals surface area contributed by atoms with Crippen molar-refractivity contribution in [3.63, 3.8) is 0 Å². The number of hydrogen-bond donors (Lipinski definition) is 1. The fraction of sp³-hybridized carbons (Fsp3) is 0.500. The fourth-order valence-corrected chi connectivity index (χ4v) is 2.69. The summed E-state index contributed by atoms with van der Waals surface area (Å²) in [5.74, 6) is 0.545. The number of nitrogens with one attached hydrogen (secondary N) is 1. The topological polar surface area (TPSA) is 58.6 Å². The second-order valence-corrected chi connectivity index (χ2v) is 5.18. The molecule has 1 fully saturated rings. The second-order valence-electron chi connectivity index (χ2n) is 5.18. The van der Waals surface area contributed by atoms with Gasteiger partial charge in [-0.2, -0.15) is 0 Å². The Labute approximate surface area is 125 Å². The molecule has 114 valence electrons. The molecule has 1 heterocycles. The minimum atomic E-state index is -0.460. The van der Waals surface area contributed by atoms with Crippen molar-refractivity contribution in [3.8, 4) is 5.75 Å². The summed E-state index contributed by atoms with van der Waals surface area (Å²) in [6, 6.07) is 6.39. The smallest absolute Gasteiger partial charge is 0.250 e. The molecule has 0 bridgehead atoms. The van der Waals surface area contributed by atoms with E-state index in [0.29, 0.717) is 24.3 Å². The third kappa shape index (κ3) is 3.01. The summed E-state index contributed by atoms with van der Waals surface area (Å²) >= 11 is 0. The van der Waals surface area contributed by atoms with Crippen LogP contribution in [0.5, 0.6) is 5.75 Å². The molecule has 2 amide bonds. The molecule has 1 saturated heterocycles. The monoisotopic (exact) mass is 290 g/mol. The van der Waals surface area contributed by atoms with Gasteiger partial charge in [-0.05, 0) is 25.0 Å². The summed E-state index contributed by atoms with van der Waals surface area (Å²) < 4.78 is 5.21. The van der Waals surface area contributed by atoms with Crippen LogP contribution in [0.4, 0.5) is 5.69 Å². The van der Waals surface area contributed by atoms with Crippen LogP contribution in [-0.4, -0.2) is 31.0 Å². The first-order chi connectivity index (χ1) is 10.1.